The molecule has 1 fully saturated rings. The molecule has 5 nitrogen and oxygen atoms in total. The van der Waals surface area contributed by atoms with Crippen molar-refractivity contribution in [3.05, 3.63) is 29.8 Å². The number of sulfonamides is 1. The van der Waals surface area contributed by atoms with Gasteiger partial charge in [-0.25, -0.2) is 17.2 Å². The number of alkyl halides is 3. The molecule has 0 aromatic heterocycles. The van der Waals surface area contributed by atoms with Gasteiger partial charge in [0.15, 0.2) is 4.90 Å². The molecule has 25 heavy (non-hydrogen) atoms. The lowest BCUT2D eigenvalue weighted by Gasteiger charge is -2.30. The summed E-state index contributed by atoms with van der Waals surface area (Å²) < 4.78 is 89.2. The summed E-state index contributed by atoms with van der Waals surface area (Å²) in [5.74, 6) is -4.08. The molecule has 2 rings (SSSR count). The zero-order valence-corrected chi connectivity index (χ0v) is 13.6. The van der Waals surface area contributed by atoms with E-state index in [1.54, 1.807) is 5.32 Å². The average Bonchev–Trinajstić information content (AvgIpc) is 2.51. The van der Waals surface area contributed by atoms with Crippen molar-refractivity contribution >= 4 is 15.9 Å². The van der Waals surface area contributed by atoms with E-state index >= 15 is 0 Å². The molecule has 1 N–H and O–H groups in total. The van der Waals surface area contributed by atoms with Crippen LogP contribution in [0.3, 0.4) is 0 Å². The van der Waals surface area contributed by atoms with Gasteiger partial charge in [-0.3, -0.25) is 4.79 Å². The number of hydrogen-bond donors (Lipinski definition) is 1. The van der Waals surface area contributed by atoms with Crippen LogP contribution < -0.4 is 5.32 Å². The number of benzene rings is 1. The number of nitrogens with zero attached hydrogens (tertiary/aromatic N) is 1. The molecular formula is C14H15F5N2O3S. The second-order valence-electron chi connectivity index (χ2n) is 5.56. The summed E-state index contributed by atoms with van der Waals surface area (Å²) >= 11 is 0. The van der Waals surface area contributed by atoms with Crippen LogP contribution in [0.5, 0.6) is 0 Å². The van der Waals surface area contributed by atoms with Crippen molar-refractivity contribution in [3.8, 4) is 0 Å². The van der Waals surface area contributed by atoms with Gasteiger partial charge in [0.05, 0.1) is 0 Å². The van der Waals surface area contributed by atoms with Crippen molar-refractivity contribution < 1.29 is 35.2 Å². The van der Waals surface area contributed by atoms with E-state index in [1.165, 1.54) is 0 Å². The zero-order valence-electron chi connectivity index (χ0n) is 12.8. The predicted octanol–water partition coefficient (Wildman–Crippen LogP) is 2.04. The van der Waals surface area contributed by atoms with Crippen molar-refractivity contribution in [1.29, 1.82) is 0 Å². The molecule has 0 radical (unpaired) electrons. The van der Waals surface area contributed by atoms with Gasteiger partial charge in [0.25, 0.3) is 0 Å². The maximum atomic E-state index is 13.7. The molecule has 1 aliphatic rings. The Morgan fingerprint density at radius 3 is 2.16 bits per heavy atom. The summed E-state index contributed by atoms with van der Waals surface area (Å²) in [6.07, 6.45) is -4.62. The zero-order chi connectivity index (χ0) is 18.8. The number of halogens is 5. The molecule has 0 spiro atoms. The topological polar surface area (TPSA) is 66.5 Å². The van der Waals surface area contributed by atoms with E-state index in [9.17, 15) is 35.2 Å². The smallest absolute Gasteiger partial charge is 0.347 e. The van der Waals surface area contributed by atoms with Crippen LogP contribution in [0.25, 0.3) is 0 Å². The molecular weight excluding hydrogens is 371 g/mol. The Morgan fingerprint density at radius 1 is 1.16 bits per heavy atom. The van der Waals surface area contributed by atoms with Gasteiger partial charge in [-0.1, -0.05) is 6.07 Å². The van der Waals surface area contributed by atoms with Crippen LogP contribution in [-0.2, 0) is 14.8 Å². The number of hydrogen-bond acceptors (Lipinski definition) is 3. The molecule has 1 saturated heterocycles. The minimum absolute atomic E-state index is 0.0427. The number of nitrogens with one attached hydrogen (secondary N) is 1. The van der Waals surface area contributed by atoms with E-state index in [0.29, 0.717) is 0 Å². The number of carbonyl (C=O) groups excluding carboxylic acids is 1. The second-order valence-corrected chi connectivity index (χ2v) is 7.44. The molecule has 140 valence electrons. The fraction of sp³-hybridized carbons (Fsp3) is 0.500. The summed E-state index contributed by atoms with van der Waals surface area (Å²) in [5.41, 5.74) is 0. The summed E-state index contributed by atoms with van der Waals surface area (Å²) in [5, 5.41) is 1.74. The van der Waals surface area contributed by atoms with Crippen LogP contribution in [0.4, 0.5) is 22.0 Å². The highest BCUT2D eigenvalue weighted by atomic mass is 32.2. The Labute approximate surface area is 140 Å². The van der Waals surface area contributed by atoms with Gasteiger partial charge in [-0.2, -0.15) is 17.5 Å². The van der Waals surface area contributed by atoms with Crippen LogP contribution in [0, 0.1) is 17.6 Å². The quantitative estimate of drug-likeness (QED) is 0.806. The Morgan fingerprint density at radius 2 is 1.68 bits per heavy atom. The van der Waals surface area contributed by atoms with Gasteiger partial charge in [0, 0.05) is 19.0 Å². The SMILES string of the molecule is O=C(NCC(F)(F)F)C1CCN(S(=O)(=O)c2c(F)cccc2F)CC1. The summed E-state index contributed by atoms with van der Waals surface area (Å²) in [7, 11) is -4.44. The van der Waals surface area contributed by atoms with E-state index in [-0.39, 0.29) is 25.9 Å². The molecule has 0 saturated carbocycles. The highest BCUT2D eigenvalue weighted by Gasteiger charge is 2.36. The van der Waals surface area contributed by atoms with Crippen molar-refractivity contribution in [1.82, 2.24) is 9.62 Å². The van der Waals surface area contributed by atoms with Crippen molar-refractivity contribution in [2.45, 2.75) is 23.9 Å². The average molecular weight is 386 g/mol. The van der Waals surface area contributed by atoms with Gasteiger partial charge in [-0.15, -0.1) is 0 Å². The summed E-state index contributed by atoms with van der Waals surface area (Å²) in [4.78, 5) is 10.6. The first-order chi connectivity index (χ1) is 11.5. The largest absolute Gasteiger partial charge is 0.405 e. The third kappa shape index (κ3) is 4.66. The number of piperidine rings is 1. The van der Waals surface area contributed by atoms with Crippen LogP contribution >= 0.6 is 0 Å². The molecule has 11 heteroatoms. The predicted molar refractivity (Wildman–Crippen MR) is 76.9 cm³/mol. The lowest BCUT2D eigenvalue weighted by atomic mass is 9.97. The fourth-order valence-corrected chi connectivity index (χ4v) is 4.13. The highest BCUT2D eigenvalue weighted by molar-refractivity contribution is 7.89. The molecule has 1 aromatic carbocycles. The molecule has 0 bridgehead atoms. The summed E-state index contributed by atoms with van der Waals surface area (Å²) in [6, 6.07) is 2.65. The minimum atomic E-state index is -4.54. The van der Waals surface area contributed by atoms with Gasteiger partial charge >= 0.3 is 6.18 Å². The van der Waals surface area contributed by atoms with Crippen LogP contribution in [0.15, 0.2) is 23.1 Å². The molecule has 1 amide bonds. The molecule has 1 aromatic rings. The Hall–Kier alpha value is -1.75. The van der Waals surface area contributed by atoms with Crippen molar-refractivity contribution in [2.24, 2.45) is 5.92 Å². The lowest BCUT2D eigenvalue weighted by Crippen LogP contribution is -2.44. The van der Waals surface area contributed by atoms with Crippen LogP contribution in [0.2, 0.25) is 0 Å². The Bertz CT molecular complexity index is 723. The first kappa shape index (κ1) is 19.6. The van der Waals surface area contributed by atoms with Crippen molar-refractivity contribution in [3.63, 3.8) is 0 Å². The fourth-order valence-electron chi connectivity index (χ4n) is 2.55. The Kier molecular flexibility index (Phi) is 5.67. The van der Waals surface area contributed by atoms with E-state index in [1.807, 2.05) is 0 Å². The van der Waals surface area contributed by atoms with Crippen LogP contribution in [0.1, 0.15) is 12.8 Å². The van der Waals surface area contributed by atoms with Gasteiger partial charge in [0.2, 0.25) is 15.9 Å². The number of amides is 1. The highest BCUT2D eigenvalue weighted by Crippen LogP contribution is 2.27. The summed E-state index contributed by atoms with van der Waals surface area (Å²) in [6.45, 7) is -1.91. The van der Waals surface area contributed by atoms with Gasteiger partial charge in [-0.05, 0) is 25.0 Å². The molecule has 0 atom stereocenters. The number of rotatable bonds is 4. The molecule has 0 aliphatic carbocycles. The molecule has 1 heterocycles. The third-order valence-corrected chi connectivity index (χ3v) is 5.76. The number of carbonyl (C=O) groups is 1. The van der Waals surface area contributed by atoms with Crippen molar-refractivity contribution in [2.75, 3.05) is 19.6 Å². The van der Waals surface area contributed by atoms with Gasteiger partial charge in [0.1, 0.15) is 18.2 Å². The molecule has 1 aliphatic heterocycles. The maximum absolute atomic E-state index is 13.7. The third-order valence-electron chi connectivity index (χ3n) is 3.80. The van der Waals surface area contributed by atoms with Crippen LogP contribution in [-0.4, -0.2) is 44.4 Å². The first-order valence-corrected chi connectivity index (χ1v) is 8.75. The van der Waals surface area contributed by atoms with E-state index in [4.69, 9.17) is 0 Å². The minimum Gasteiger partial charge on any atom is -0.347 e. The van der Waals surface area contributed by atoms with E-state index < -0.39 is 51.1 Å². The lowest BCUT2D eigenvalue weighted by molar-refractivity contribution is -0.141. The first-order valence-electron chi connectivity index (χ1n) is 7.31. The second kappa shape index (κ2) is 7.24. The van der Waals surface area contributed by atoms with E-state index in [0.717, 1.165) is 22.5 Å². The maximum Gasteiger partial charge on any atom is 0.405 e. The Balaban J connectivity index is 2.03. The standard InChI is InChI=1S/C14H15F5N2O3S/c15-10-2-1-3-11(16)12(10)25(23,24)21-6-4-9(5-7-21)13(22)20-8-14(17,18)19/h1-3,9H,4-8H2,(H,20,22). The monoisotopic (exact) mass is 386 g/mol. The normalized spacial score (nSPS) is 17.5. The molecule has 0 unspecified atom stereocenters. The van der Waals surface area contributed by atoms with E-state index in [2.05, 4.69) is 0 Å². The van der Waals surface area contributed by atoms with Gasteiger partial charge < -0.3 is 5.32 Å².